The Hall–Kier alpha value is -1.92. The van der Waals surface area contributed by atoms with E-state index in [0.717, 1.165) is 25.3 Å². The maximum Gasteiger partial charge on any atom is 0.216 e. The molecule has 2 heterocycles. The summed E-state index contributed by atoms with van der Waals surface area (Å²) >= 11 is 0. The normalized spacial score (nSPS) is 15.2. The van der Waals surface area contributed by atoms with E-state index in [1.54, 1.807) is 10.5 Å². The number of hydrogen-bond donors (Lipinski definition) is 2. The number of hydrogen-bond acceptors (Lipinski definition) is 5. The molecule has 1 aromatic heterocycles. The van der Waals surface area contributed by atoms with Crippen LogP contribution in [-0.4, -0.2) is 75.2 Å². The summed E-state index contributed by atoms with van der Waals surface area (Å²) < 4.78 is 27.1. The molecule has 0 amide bonds. The minimum absolute atomic E-state index is 0. The number of pyridine rings is 1. The van der Waals surface area contributed by atoms with Crippen LogP contribution in [0.1, 0.15) is 12.5 Å². The van der Waals surface area contributed by atoms with Gasteiger partial charge in [-0.2, -0.15) is 4.31 Å². The molecule has 1 saturated heterocycles. The SMILES string of the molecule is CCNC(=NCCS(=O)(=O)N1CCN(c2ccccn2)CC1)NCCc1ccccc1.I. The molecule has 1 aliphatic heterocycles. The average Bonchev–Trinajstić information content (AvgIpc) is 2.80. The quantitative estimate of drug-likeness (QED) is 0.272. The molecule has 176 valence electrons. The summed E-state index contributed by atoms with van der Waals surface area (Å²) in [5, 5.41) is 6.45. The zero-order chi connectivity index (χ0) is 21.9. The van der Waals surface area contributed by atoms with Crippen LogP contribution in [0.25, 0.3) is 0 Å². The van der Waals surface area contributed by atoms with Gasteiger partial charge in [-0.25, -0.2) is 13.4 Å². The third-order valence-corrected chi connectivity index (χ3v) is 6.97. The highest BCUT2D eigenvalue weighted by Crippen LogP contribution is 2.14. The number of halogens is 1. The number of aromatic nitrogens is 1. The number of rotatable bonds is 9. The number of nitrogens with one attached hydrogen (secondary N) is 2. The van der Waals surface area contributed by atoms with Crippen molar-refractivity contribution < 1.29 is 8.42 Å². The lowest BCUT2D eigenvalue weighted by molar-refractivity contribution is 0.384. The second kappa shape index (κ2) is 13.6. The first-order valence-corrected chi connectivity index (χ1v) is 12.4. The van der Waals surface area contributed by atoms with Crippen molar-refractivity contribution in [3.8, 4) is 0 Å². The number of benzene rings is 1. The van der Waals surface area contributed by atoms with Crippen LogP contribution in [0.3, 0.4) is 0 Å². The van der Waals surface area contributed by atoms with E-state index in [1.165, 1.54) is 5.56 Å². The van der Waals surface area contributed by atoms with E-state index >= 15 is 0 Å². The topological polar surface area (TPSA) is 89.9 Å². The van der Waals surface area contributed by atoms with E-state index in [1.807, 2.05) is 43.3 Å². The largest absolute Gasteiger partial charge is 0.357 e. The minimum Gasteiger partial charge on any atom is -0.357 e. The zero-order valence-electron chi connectivity index (χ0n) is 18.5. The Labute approximate surface area is 208 Å². The van der Waals surface area contributed by atoms with Crippen LogP contribution in [0, 0.1) is 0 Å². The molecule has 2 aromatic rings. The Balaban J connectivity index is 0.00000363. The smallest absolute Gasteiger partial charge is 0.216 e. The van der Waals surface area contributed by atoms with E-state index in [-0.39, 0.29) is 36.3 Å². The first kappa shape index (κ1) is 26.3. The molecule has 1 aromatic carbocycles. The number of nitrogens with zero attached hydrogens (tertiary/aromatic N) is 4. The van der Waals surface area contributed by atoms with Crippen molar-refractivity contribution in [1.29, 1.82) is 0 Å². The summed E-state index contributed by atoms with van der Waals surface area (Å²) in [4.78, 5) is 10.9. The van der Waals surface area contributed by atoms with Gasteiger partial charge in [0.15, 0.2) is 5.96 Å². The van der Waals surface area contributed by atoms with Crippen LogP contribution in [-0.2, 0) is 16.4 Å². The summed E-state index contributed by atoms with van der Waals surface area (Å²) in [6.45, 7) is 5.90. The van der Waals surface area contributed by atoms with Crippen LogP contribution in [0.4, 0.5) is 5.82 Å². The summed E-state index contributed by atoms with van der Waals surface area (Å²) in [6.07, 6.45) is 2.64. The maximum absolute atomic E-state index is 12.7. The van der Waals surface area contributed by atoms with Crippen molar-refractivity contribution in [3.63, 3.8) is 0 Å². The second-order valence-electron chi connectivity index (χ2n) is 7.31. The Morgan fingerprint density at radius 1 is 1.03 bits per heavy atom. The first-order valence-electron chi connectivity index (χ1n) is 10.8. The van der Waals surface area contributed by atoms with E-state index in [0.29, 0.717) is 32.1 Å². The van der Waals surface area contributed by atoms with Gasteiger partial charge in [0.2, 0.25) is 10.0 Å². The van der Waals surface area contributed by atoms with Crippen molar-refractivity contribution in [2.75, 3.05) is 56.5 Å². The standard InChI is InChI=1S/C22H32N6O2S.HI/c1-2-23-22(25-13-11-20-8-4-3-5-9-20)26-14-19-31(29,30)28-17-15-27(16-18-28)21-10-6-7-12-24-21;/h3-10,12H,2,11,13-19H2,1H3,(H2,23,25,26);1H. The lowest BCUT2D eigenvalue weighted by Gasteiger charge is -2.34. The van der Waals surface area contributed by atoms with Crippen LogP contribution in [0.5, 0.6) is 0 Å². The Morgan fingerprint density at radius 2 is 1.75 bits per heavy atom. The molecule has 0 unspecified atom stereocenters. The number of guanidine groups is 1. The monoisotopic (exact) mass is 572 g/mol. The summed E-state index contributed by atoms with van der Waals surface area (Å²) in [7, 11) is -3.34. The van der Waals surface area contributed by atoms with Crippen LogP contribution < -0.4 is 15.5 Å². The van der Waals surface area contributed by atoms with Gasteiger partial charge < -0.3 is 15.5 Å². The molecule has 0 spiro atoms. The molecule has 0 atom stereocenters. The second-order valence-corrected chi connectivity index (χ2v) is 9.40. The van der Waals surface area contributed by atoms with Gasteiger partial charge in [0.05, 0.1) is 12.3 Å². The van der Waals surface area contributed by atoms with E-state index in [2.05, 4.69) is 37.6 Å². The third kappa shape index (κ3) is 8.21. The van der Waals surface area contributed by atoms with E-state index in [4.69, 9.17) is 0 Å². The van der Waals surface area contributed by atoms with Crippen LogP contribution >= 0.6 is 24.0 Å². The molecular formula is C22H33IN6O2S. The molecule has 0 aliphatic carbocycles. The van der Waals surface area contributed by atoms with Gasteiger partial charge in [0.25, 0.3) is 0 Å². The molecule has 32 heavy (non-hydrogen) atoms. The van der Waals surface area contributed by atoms with Gasteiger partial charge in [0.1, 0.15) is 5.82 Å². The fourth-order valence-electron chi connectivity index (χ4n) is 3.45. The lowest BCUT2D eigenvalue weighted by atomic mass is 10.1. The Kier molecular flexibility index (Phi) is 11.2. The first-order chi connectivity index (χ1) is 15.1. The summed E-state index contributed by atoms with van der Waals surface area (Å²) in [5.74, 6) is 1.54. The predicted molar refractivity (Wildman–Crippen MR) is 141 cm³/mol. The van der Waals surface area contributed by atoms with Crippen molar-refractivity contribution >= 4 is 45.8 Å². The fourth-order valence-corrected chi connectivity index (χ4v) is 4.75. The number of piperazine rings is 1. The lowest BCUT2D eigenvalue weighted by Crippen LogP contribution is -2.49. The number of sulfonamides is 1. The Bertz CT molecular complexity index is 920. The van der Waals surface area contributed by atoms with E-state index < -0.39 is 10.0 Å². The average molecular weight is 573 g/mol. The molecule has 3 rings (SSSR count). The van der Waals surface area contributed by atoms with Gasteiger partial charge in [-0.1, -0.05) is 36.4 Å². The highest BCUT2D eigenvalue weighted by atomic mass is 127. The van der Waals surface area contributed by atoms with Gasteiger partial charge in [-0.15, -0.1) is 24.0 Å². The zero-order valence-corrected chi connectivity index (χ0v) is 21.6. The van der Waals surface area contributed by atoms with Gasteiger partial charge in [-0.3, -0.25) is 4.99 Å². The highest BCUT2D eigenvalue weighted by molar-refractivity contribution is 14.0. The molecule has 8 nitrogen and oxygen atoms in total. The maximum atomic E-state index is 12.7. The molecule has 2 N–H and O–H groups in total. The highest BCUT2D eigenvalue weighted by Gasteiger charge is 2.27. The summed E-state index contributed by atoms with van der Waals surface area (Å²) in [5.41, 5.74) is 1.25. The molecule has 1 aliphatic rings. The number of aliphatic imine (C=N–C) groups is 1. The molecule has 0 bridgehead atoms. The molecular weight excluding hydrogens is 539 g/mol. The van der Waals surface area contributed by atoms with Crippen molar-refractivity contribution in [2.24, 2.45) is 4.99 Å². The molecule has 0 radical (unpaired) electrons. The Morgan fingerprint density at radius 3 is 2.41 bits per heavy atom. The van der Waals surface area contributed by atoms with Crippen molar-refractivity contribution in [3.05, 3.63) is 60.3 Å². The van der Waals surface area contributed by atoms with Crippen LogP contribution in [0.15, 0.2) is 59.7 Å². The number of anilines is 1. The summed E-state index contributed by atoms with van der Waals surface area (Å²) in [6, 6.07) is 16.0. The van der Waals surface area contributed by atoms with Crippen LogP contribution in [0.2, 0.25) is 0 Å². The van der Waals surface area contributed by atoms with Crippen molar-refractivity contribution in [1.82, 2.24) is 19.9 Å². The third-order valence-electron chi connectivity index (χ3n) is 5.12. The minimum atomic E-state index is -3.34. The fraction of sp³-hybridized carbons (Fsp3) is 0.455. The van der Waals surface area contributed by atoms with Crippen molar-refractivity contribution in [2.45, 2.75) is 13.3 Å². The van der Waals surface area contributed by atoms with Gasteiger partial charge >= 0.3 is 0 Å². The molecule has 1 fully saturated rings. The molecule has 0 saturated carbocycles. The van der Waals surface area contributed by atoms with Gasteiger partial charge in [0, 0.05) is 45.5 Å². The van der Waals surface area contributed by atoms with E-state index in [9.17, 15) is 8.42 Å². The predicted octanol–water partition coefficient (Wildman–Crippen LogP) is 1.95. The molecule has 10 heteroatoms. The van der Waals surface area contributed by atoms with Gasteiger partial charge in [-0.05, 0) is 31.0 Å².